The van der Waals surface area contributed by atoms with Crippen LogP contribution in [-0.4, -0.2) is 21.2 Å². The number of aromatic carboxylic acids is 1. The SMILES string of the molecule is O=C(O)c1cccc(-c2nc3ccc(O)cc3s2)c1. The standard InChI is InChI=1S/C14H9NO3S/c16-10-4-5-11-12(7-10)19-13(15-11)8-2-1-3-9(6-8)14(17)18/h1-7,16H,(H,17,18). The summed E-state index contributed by atoms with van der Waals surface area (Å²) in [6.45, 7) is 0. The highest BCUT2D eigenvalue weighted by Gasteiger charge is 2.09. The van der Waals surface area contributed by atoms with E-state index in [1.807, 2.05) is 6.07 Å². The minimum Gasteiger partial charge on any atom is -0.508 e. The number of aromatic hydroxyl groups is 1. The summed E-state index contributed by atoms with van der Waals surface area (Å²) < 4.78 is 0.871. The average Bonchev–Trinajstić information content (AvgIpc) is 2.81. The minimum absolute atomic E-state index is 0.196. The number of carbonyl (C=O) groups is 1. The van der Waals surface area contributed by atoms with Crippen LogP contribution in [0.1, 0.15) is 10.4 Å². The molecule has 0 atom stereocenters. The van der Waals surface area contributed by atoms with Crippen LogP contribution in [-0.2, 0) is 0 Å². The summed E-state index contributed by atoms with van der Waals surface area (Å²) in [6.07, 6.45) is 0. The number of hydrogen-bond acceptors (Lipinski definition) is 4. The lowest BCUT2D eigenvalue weighted by Crippen LogP contribution is -1.95. The lowest BCUT2D eigenvalue weighted by Gasteiger charge is -1.97. The number of carboxylic acid groups (broad SMARTS) is 1. The lowest BCUT2D eigenvalue weighted by molar-refractivity contribution is 0.0697. The van der Waals surface area contributed by atoms with Gasteiger partial charge in [0.25, 0.3) is 0 Å². The first-order valence-corrected chi connectivity index (χ1v) is 6.38. The van der Waals surface area contributed by atoms with Gasteiger partial charge in [0.05, 0.1) is 15.8 Å². The molecule has 0 saturated heterocycles. The Bertz CT molecular complexity index is 779. The van der Waals surface area contributed by atoms with Gasteiger partial charge in [-0.15, -0.1) is 11.3 Å². The number of fused-ring (bicyclic) bond motifs is 1. The number of benzene rings is 2. The molecule has 3 rings (SSSR count). The van der Waals surface area contributed by atoms with Gasteiger partial charge in [-0.3, -0.25) is 0 Å². The molecule has 2 N–H and O–H groups in total. The van der Waals surface area contributed by atoms with Gasteiger partial charge >= 0.3 is 5.97 Å². The number of rotatable bonds is 2. The van der Waals surface area contributed by atoms with E-state index in [4.69, 9.17) is 5.11 Å². The van der Waals surface area contributed by atoms with Crippen LogP contribution in [0.15, 0.2) is 42.5 Å². The summed E-state index contributed by atoms with van der Waals surface area (Å²) in [5.74, 6) is -0.761. The Hall–Kier alpha value is -2.40. The Morgan fingerprint density at radius 3 is 2.79 bits per heavy atom. The number of thiazole rings is 1. The van der Waals surface area contributed by atoms with E-state index in [1.165, 1.54) is 11.3 Å². The van der Waals surface area contributed by atoms with Gasteiger partial charge in [0.15, 0.2) is 0 Å². The Kier molecular flexibility index (Phi) is 2.68. The molecule has 0 aliphatic rings. The highest BCUT2D eigenvalue weighted by Crippen LogP contribution is 2.32. The van der Waals surface area contributed by atoms with Crippen molar-refractivity contribution in [3.05, 3.63) is 48.0 Å². The molecule has 94 valence electrons. The van der Waals surface area contributed by atoms with Crippen molar-refractivity contribution in [1.82, 2.24) is 4.98 Å². The number of hydrogen-bond donors (Lipinski definition) is 2. The van der Waals surface area contributed by atoms with Crippen molar-refractivity contribution in [3.63, 3.8) is 0 Å². The van der Waals surface area contributed by atoms with E-state index < -0.39 is 5.97 Å². The molecule has 0 fully saturated rings. The molecule has 5 heteroatoms. The Labute approximate surface area is 112 Å². The number of aromatic nitrogens is 1. The third kappa shape index (κ3) is 2.15. The van der Waals surface area contributed by atoms with E-state index in [9.17, 15) is 9.90 Å². The maximum atomic E-state index is 11.0. The number of phenols is 1. The first-order valence-electron chi connectivity index (χ1n) is 5.57. The van der Waals surface area contributed by atoms with Gasteiger partial charge in [-0.05, 0) is 30.3 Å². The van der Waals surface area contributed by atoms with Crippen molar-refractivity contribution in [1.29, 1.82) is 0 Å². The highest BCUT2D eigenvalue weighted by atomic mass is 32.1. The predicted molar refractivity (Wildman–Crippen MR) is 73.7 cm³/mol. The molecule has 0 amide bonds. The maximum Gasteiger partial charge on any atom is 0.335 e. The van der Waals surface area contributed by atoms with Crippen LogP contribution in [0.25, 0.3) is 20.8 Å². The molecule has 1 aromatic heterocycles. The Balaban J connectivity index is 2.13. The summed E-state index contributed by atoms with van der Waals surface area (Å²) >= 11 is 1.42. The van der Waals surface area contributed by atoms with Gasteiger partial charge in [-0.2, -0.15) is 0 Å². The zero-order valence-electron chi connectivity index (χ0n) is 9.70. The highest BCUT2D eigenvalue weighted by molar-refractivity contribution is 7.21. The molecule has 1 heterocycles. The summed E-state index contributed by atoms with van der Waals surface area (Å²) in [7, 11) is 0. The summed E-state index contributed by atoms with van der Waals surface area (Å²) in [6, 6.07) is 11.6. The molecule has 0 radical (unpaired) electrons. The molecule has 0 unspecified atom stereocenters. The van der Waals surface area contributed by atoms with Gasteiger partial charge in [-0.25, -0.2) is 9.78 Å². The van der Waals surface area contributed by atoms with Crippen molar-refractivity contribution in [2.45, 2.75) is 0 Å². The van der Waals surface area contributed by atoms with Crippen molar-refractivity contribution in [2.24, 2.45) is 0 Å². The van der Waals surface area contributed by atoms with Gasteiger partial charge in [0, 0.05) is 5.56 Å². The van der Waals surface area contributed by atoms with Gasteiger partial charge < -0.3 is 10.2 Å². The fourth-order valence-corrected chi connectivity index (χ4v) is 2.82. The largest absolute Gasteiger partial charge is 0.508 e. The normalized spacial score (nSPS) is 10.7. The second kappa shape index (κ2) is 4.37. The Morgan fingerprint density at radius 2 is 2.00 bits per heavy atom. The predicted octanol–water partition coefficient (Wildman–Crippen LogP) is 3.37. The van der Waals surface area contributed by atoms with E-state index in [2.05, 4.69) is 4.98 Å². The zero-order chi connectivity index (χ0) is 13.4. The smallest absolute Gasteiger partial charge is 0.335 e. The molecule has 0 bridgehead atoms. The molecule has 0 aliphatic carbocycles. The minimum atomic E-state index is -0.958. The summed E-state index contributed by atoms with van der Waals surface area (Å²) in [5, 5.41) is 19.1. The molecule has 3 aromatic rings. The van der Waals surface area contributed by atoms with E-state index >= 15 is 0 Å². The zero-order valence-corrected chi connectivity index (χ0v) is 10.5. The van der Waals surface area contributed by atoms with Crippen molar-refractivity contribution >= 4 is 27.5 Å². The van der Waals surface area contributed by atoms with Crippen LogP contribution in [0.4, 0.5) is 0 Å². The third-order valence-electron chi connectivity index (χ3n) is 2.73. The molecular weight excluding hydrogens is 262 g/mol. The molecular formula is C14H9NO3S. The van der Waals surface area contributed by atoms with Gasteiger partial charge in [0.2, 0.25) is 0 Å². The van der Waals surface area contributed by atoms with Gasteiger partial charge in [-0.1, -0.05) is 12.1 Å². The number of carboxylic acids is 1. The lowest BCUT2D eigenvalue weighted by atomic mass is 10.1. The van der Waals surface area contributed by atoms with Crippen molar-refractivity contribution in [3.8, 4) is 16.3 Å². The third-order valence-corrected chi connectivity index (χ3v) is 3.80. The van der Waals surface area contributed by atoms with E-state index in [0.717, 1.165) is 20.8 Å². The van der Waals surface area contributed by atoms with Crippen LogP contribution < -0.4 is 0 Å². The fraction of sp³-hybridized carbons (Fsp3) is 0. The second-order valence-electron chi connectivity index (χ2n) is 4.06. The van der Waals surface area contributed by atoms with E-state index in [-0.39, 0.29) is 11.3 Å². The van der Waals surface area contributed by atoms with Crippen LogP contribution in [0.3, 0.4) is 0 Å². The molecule has 0 spiro atoms. The van der Waals surface area contributed by atoms with E-state index in [1.54, 1.807) is 36.4 Å². The Morgan fingerprint density at radius 1 is 1.16 bits per heavy atom. The van der Waals surface area contributed by atoms with Crippen LogP contribution in [0, 0.1) is 0 Å². The molecule has 0 aliphatic heterocycles. The number of phenolic OH excluding ortho intramolecular Hbond substituents is 1. The summed E-state index contributed by atoms with van der Waals surface area (Å²) in [4.78, 5) is 15.4. The van der Waals surface area contributed by atoms with Crippen LogP contribution >= 0.6 is 11.3 Å². The quantitative estimate of drug-likeness (QED) is 0.749. The molecule has 19 heavy (non-hydrogen) atoms. The summed E-state index contributed by atoms with van der Waals surface area (Å²) in [5.41, 5.74) is 1.79. The maximum absolute atomic E-state index is 11.0. The topological polar surface area (TPSA) is 70.4 Å². The van der Waals surface area contributed by atoms with Crippen LogP contribution in [0.5, 0.6) is 5.75 Å². The molecule has 4 nitrogen and oxygen atoms in total. The fourth-order valence-electron chi connectivity index (χ4n) is 1.82. The first kappa shape index (κ1) is 11.7. The molecule has 2 aromatic carbocycles. The average molecular weight is 271 g/mol. The second-order valence-corrected chi connectivity index (χ2v) is 5.09. The van der Waals surface area contributed by atoms with Crippen molar-refractivity contribution in [2.75, 3.05) is 0 Å². The first-order chi connectivity index (χ1) is 9.13. The molecule has 0 saturated carbocycles. The van der Waals surface area contributed by atoms with E-state index in [0.29, 0.717) is 0 Å². The van der Waals surface area contributed by atoms with Crippen LogP contribution in [0.2, 0.25) is 0 Å². The van der Waals surface area contributed by atoms with Gasteiger partial charge in [0.1, 0.15) is 10.8 Å². The monoisotopic (exact) mass is 271 g/mol. The number of nitrogens with zero attached hydrogens (tertiary/aromatic N) is 1. The van der Waals surface area contributed by atoms with Crippen molar-refractivity contribution < 1.29 is 15.0 Å².